The van der Waals surface area contributed by atoms with E-state index in [4.69, 9.17) is 5.11 Å². The van der Waals surface area contributed by atoms with Gasteiger partial charge >= 0.3 is 0 Å². The van der Waals surface area contributed by atoms with E-state index in [0.717, 1.165) is 25.8 Å². The normalized spacial score (nSPS) is 15.9. The molecule has 1 saturated heterocycles. The molecular formula is C12H22N2O3. The summed E-state index contributed by atoms with van der Waals surface area (Å²) < 4.78 is 0. The number of carbonyl (C=O) groups is 2. The summed E-state index contributed by atoms with van der Waals surface area (Å²) in [5.74, 6) is -0.188. The lowest BCUT2D eigenvalue weighted by Gasteiger charge is -2.23. The van der Waals surface area contributed by atoms with E-state index in [9.17, 15) is 9.59 Å². The maximum atomic E-state index is 11.9. The average Bonchev–Trinajstić information content (AvgIpc) is 2.72. The molecule has 1 rings (SSSR count). The Labute approximate surface area is 102 Å². The Hall–Kier alpha value is -0.940. The Bertz CT molecular complexity index is 268. The summed E-state index contributed by atoms with van der Waals surface area (Å²) in [5.41, 5.74) is 0. The number of likely N-dealkylation sites (tertiary alicyclic amines) is 1. The highest BCUT2D eigenvalue weighted by Crippen LogP contribution is 2.10. The molecule has 1 aliphatic heterocycles. The van der Waals surface area contributed by atoms with Crippen LogP contribution in [0.2, 0.25) is 0 Å². The van der Waals surface area contributed by atoms with Gasteiger partial charge < -0.3 is 5.11 Å². The van der Waals surface area contributed by atoms with E-state index in [1.54, 1.807) is 0 Å². The minimum absolute atomic E-state index is 0.0466. The molecule has 0 bridgehead atoms. The van der Waals surface area contributed by atoms with E-state index in [1.807, 2.05) is 4.90 Å². The van der Waals surface area contributed by atoms with Crippen LogP contribution in [0.4, 0.5) is 0 Å². The molecule has 0 aromatic carbocycles. The molecule has 1 fully saturated rings. The number of nitrogens with zero attached hydrogens (tertiary/aromatic N) is 2. The zero-order valence-electron chi connectivity index (χ0n) is 10.5. The van der Waals surface area contributed by atoms with Crippen molar-refractivity contribution in [2.75, 3.05) is 32.8 Å². The van der Waals surface area contributed by atoms with Crippen LogP contribution in [0.5, 0.6) is 0 Å². The summed E-state index contributed by atoms with van der Waals surface area (Å²) in [6, 6.07) is 0. The van der Waals surface area contributed by atoms with Crippen molar-refractivity contribution in [1.29, 1.82) is 0 Å². The van der Waals surface area contributed by atoms with E-state index < -0.39 is 0 Å². The minimum Gasteiger partial charge on any atom is -0.395 e. The lowest BCUT2D eigenvalue weighted by Crippen LogP contribution is -2.42. The Morgan fingerprint density at radius 3 is 2.76 bits per heavy atom. The van der Waals surface area contributed by atoms with Crippen LogP contribution in [0.3, 0.4) is 0 Å². The van der Waals surface area contributed by atoms with E-state index in [2.05, 4.69) is 6.92 Å². The molecule has 98 valence electrons. The van der Waals surface area contributed by atoms with Crippen LogP contribution in [0.15, 0.2) is 0 Å². The minimum atomic E-state index is -0.128. The Morgan fingerprint density at radius 1 is 1.47 bits per heavy atom. The molecule has 17 heavy (non-hydrogen) atoms. The summed E-state index contributed by atoms with van der Waals surface area (Å²) in [7, 11) is 0. The fourth-order valence-corrected chi connectivity index (χ4v) is 1.98. The zero-order valence-corrected chi connectivity index (χ0v) is 10.5. The molecule has 1 aliphatic rings. The third-order valence-electron chi connectivity index (χ3n) is 2.98. The Balaban J connectivity index is 2.42. The predicted molar refractivity (Wildman–Crippen MR) is 64.4 cm³/mol. The number of aliphatic hydroxyl groups is 1. The first-order valence-electron chi connectivity index (χ1n) is 6.35. The molecule has 0 saturated carbocycles. The van der Waals surface area contributed by atoms with Crippen LogP contribution in [-0.4, -0.2) is 59.5 Å². The number of imide groups is 1. The third-order valence-corrected chi connectivity index (χ3v) is 2.98. The molecule has 5 heteroatoms. The monoisotopic (exact) mass is 242 g/mol. The number of carbonyl (C=O) groups excluding carboxylic acids is 2. The molecule has 5 nitrogen and oxygen atoms in total. The fraction of sp³-hybridized carbons (Fsp3) is 0.833. The Kier molecular flexibility index (Phi) is 6.15. The second-order valence-electron chi connectivity index (χ2n) is 4.40. The quantitative estimate of drug-likeness (QED) is 0.694. The lowest BCUT2D eigenvalue weighted by molar-refractivity contribution is -0.142. The van der Waals surface area contributed by atoms with Crippen molar-refractivity contribution in [3.05, 3.63) is 0 Å². The maximum Gasteiger partial charge on any atom is 0.243 e. The van der Waals surface area contributed by atoms with Gasteiger partial charge in [-0.1, -0.05) is 13.3 Å². The number of aliphatic hydroxyl groups excluding tert-OH is 1. The molecule has 0 radical (unpaired) electrons. The first-order valence-corrected chi connectivity index (χ1v) is 6.35. The molecule has 0 atom stereocenters. The number of amides is 2. The zero-order chi connectivity index (χ0) is 12.7. The topological polar surface area (TPSA) is 60.9 Å². The molecule has 0 aromatic heterocycles. The molecule has 1 N–H and O–H groups in total. The van der Waals surface area contributed by atoms with E-state index in [-0.39, 0.29) is 25.0 Å². The van der Waals surface area contributed by atoms with Gasteiger partial charge in [0, 0.05) is 19.5 Å². The fourth-order valence-electron chi connectivity index (χ4n) is 1.98. The Morgan fingerprint density at radius 2 is 2.24 bits per heavy atom. The van der Waals surface area contributed by atoms with Gasteiger partial charge in [0.05, 0.1) is 13.2 Å². The van der Waals surface area contributed by atoms with Gasteiger partial charge in [-0.15, -0.1) is 0 Å². The summed E-state index contributed by atoms with van der Waals surface area (Å²) >= 11 is 0. The summed E-state index contributed by atoms with van der Waals surface area (Å²) in [4.78, 5) is 26.5. The smallest absolute Gasteiger partial charge is 0.243 e. The maximum absolute atomic E-state index is 11.9. The van der Waals surface area contributed by atoms with Crippen LogP contribution >= 0.6 is 0 Å². The highest BCUT2D eigenvalue weighted by Gasteiger charge is 2.27. The second-order valence-corrected chi connectivity index (χ2v) is 4.40. The van der Waals surface area contributed by atoms with Gasteiger partial charge in [-0.3, -0.25) is 19.4 Å². The first kappa shape index (κ1) is 14.1. The van der Waals surface area contributed by atoms with Gasteiger partial charge in [0.1, 0.15) is 0 Å². The molecule has 2 amide bonds. The van der Waals surface area contributed by atoms with Crippen molar-refractivity contribution in [3.63, 3.8) is 0 Å². The first-order chi connectivity index (χ1) is 8.19. The number of hydrogen-bond donors (Lipinski definition) is 1. The average molecular weight is 242 g/mol. The van der Waals surface area contributed by atoms with E-state index in [0.29, 0.717) is 19.5 Å². The van der Waals surface area contributed by atoms with Crippen molar-refractivity contribution in [1.82, 2.24) is 9.80 Å². The number of unbranched alkanes of at least 4 members (excludes halogenated alkanes) is 1. The van der Waals surface area contributed by atoms with Gasteiger partial charge in [-0.05, 0) is 19.4 Å². The van der Waals surface area contributed by atoms with E-state index in [1.165, 1.54) is 4.90 Å². The molecule has 0 unspecified atom stereocenters. The van der Waals surface area contributed by atoms with Gasteiger partial charge in [0.25, 0.3) is 0 Å². The van der Waals surface area contributed by atoms with Crippen molar-refractivity contribution in [2.24, 2.45) is 0 Å². The molecular weight excluding hydrogens is 220 g/mol. The summed E-state index contributed by atoms with van der Waals surface area (Å²) in [5, 5.41) is 8.93. The van der Waals surface area contributed by atoms with Crippen LogP contribution in [-0.2, 0) is 9.59 Å². The number of rotatable bonds is 7. The largest absolute Gasteiger partial charge is 0.395 e. The van der Waals surface area contributed by atoms with Crippen molar-refractivity contribution < 1.29 is 14.7 Å². The predicted octanol–water partition coefficient (Wildman–Crippen LogP) is 0.230. The van der Waals surface area contributed by atoms with Crippen molar-refractivity contribution in [3.8, 4) is 0 Å². The van der Waals surface area contributed by atoms with Crippen LogP contribution in [0.1, 0.15) is 32.6 Å². The SMILES string of the molecule is CCCCN(CCO)CC(=O)N1CCCC1=O. The third kappa shape index (κ3) is 4.44. The van der Waals surface area contributed by atoms with Crippen LogP contribution in [0.25, 0.3) is 0 Å². The number of hydrogen-bond acceptors (Lipinski definition) is 4. The standard InChI is InChI=1S/C12H22N2O3/c1-2-3-6-13(8-9-15)10-12(17)14-7-4-5-11(14)16/h15H,2-10H2,1H3. The van der Waals surface area contributed by atoms with Gasteiger partial charge in [-0.2, -0.15) is 0 Å². The van der Waals surface area contributed by atoms with Gasteiger partial charge in [0.2, 0.25) is 11.8 Å². The second kappa shape index (κ2) is 7.40. The van der Waals surface area contributed by atoms with Crippen LogP contribution in [0, 0.1) is 0 Å². The molecule has 0 aromatic rings. The molecule has 0 aliphatic carbocycles. The highest BCUT2D eigenvalue weighted by molar-refractivity contribution is 5.97. The van der Waals surface area contributed by atoms with Crippen molar-refractivity contribution in [2.45, 2.75) is 32.6 Å². The van der Waals surface area contributed by atoms with Gasteiger partial charge in [-0.25, -0.2) is 0 Å². The van der Waals surface area contributed by atoms with Gasteiger partial charge in [0.15, 0.2) is 0 Å². The molecule has 1 heterocycles. The van der Waals surface area contributed by atoms with E-state index >= 15 is 0 Å². The summed E-state index contributed by atoms with van der Waals surface area (Å²) in [6.07, 6.45) is 3.32. The lowest BCUT2D eigenvalue weighted by atomic mass is 10.3. The highest BCUT2D eigenvalue weighted by atomic mass is 16.3. The summed E-state index contributed by atoms with van der Waals surface area (Å²) in [6.45, 7) is 4.22. The van der Waals surface area contributed by atoms with Crippen LogP contribution < -0.4 is 0 Å². The molecule has 0 spiro atoms. The van der Waals surface area contributed by atoms with Crippen molar-refractivity contribution >= 4 is 11.8 Å².